The minimum atomic E-state index is -0.169. The molecule has 3 rings (SSSR count). The number of benzene rings is 2. The summed E-state index contributed by atoms with van der Waals surface area (Å²) < 4.78 is 6.92. The number of aromatic nitrogens is 3. The van der Waals surface area contributed by atoms with Gasteiger partial charge in [-0.1, -0.05) is 29.4 Å². The first-order valence-corrected chi connectivity index (χ1v) is 11.2. The summed E-state index contributed by atoms with van der Waals surface area (Å²) in [5.41, 5.74) is 2.18. The second-order valence-electron chi connectivity index (χ2n) is 6.99. The fraction of sp³-hybridized carbons (Fsp3) is 0.273. The van der Waals surface area contributed by atoms with Crippen LogP contribution in [0.4, 0.5) is 5.69 Å². The van der Waals surface area contributed by atoms with Gasteiger partial charge in [-0.05, 0) is 48.9 Å². The van der Waals surface area contributed by atoms with E-state index in [0.717, 1.165) is 5.56 Å². The number of carbonyl (C=O) groups excluding carboxylic acids is 2. The number of amides is 2. The van der Waals surface area contributed by atoms with Gasteiger partial charge >= 0.3 is 0 Å². The van der Waals surface area contributed by atoms with Crippen molar-refractivity contribution in [2.24, 2.45) is 7.05 Å². The Morgan fingerprint density at radius 3 is 2.62 bits per heavy atom. The lowest BCUT2D eigenvalue weighted by Gasteiger charge is -2.09. The number of aryl methyl sites for hydroxylation is 1. The van der Waals surface area contributed by atoms with Gasteiger partial charge in [0.15, 0.2) is 5.16 Å². The van der Waals surface area contributed by atoms with E-state index in [9.17, 15) is 9.59 Å². The molecule has 0 unspecified atom stereocenters. The lowest BCUT2D eigenvalue weighted by Crippen LogP contribution is -2.26. The summed E-state index contributed by atoms with van der Waals surface area (Å²) in [6.45, 7) is 2.32. The van der Waals surface area contributed by atoms with Crippen LogP contribution in [0.1, 0.15) is 21.7 Å². The van der Waals surface area contributed by atoms with E-state index in [1.165, 1.54) is 11.8 Å². The molecule has 0 spiro atoms. The standard InChI is InChI=1S/C22H24ClN5O3S/c1-14-4-7-16(23)12-18(14)25-20(29)13-32-22-27-26-19(28(22)2)10-11-24-21(30)15-5-8-17(31-3)9-6-15/h4-9,12H,10-11,13H2,1-3H3,(H,24,30)(H,25,29). The Hall–Kier alpha value is -3.04. The third-order valence-corrected chi connectivity index (χ3v) is 5.97. The van der Waals surface area contributed by atoms with E-state index in [0.29, 0.717) is 46.0 Å². The van der Waals surface area contributed by atoms with Crippen molar-refractivity contribution in [1.82, 2.24) is 20.1 Å². The van der Waals surface area contributed by atoms with Crippen molar-refractivity contribution in [3.63, 3.8) is 0 Å². The van der Waals surface area contributed by atoms with Gasteiger partial charge in [0.05, 0.1) is 12.9 Å². The maximum absolute atomic E-state index is 12.3. The van der Waals surface area contributed by atoms with Crippen molar-refractivity contribution in [3.8, 4) is 5.75 Å². The first-order chi connectivity index (χ1) is 15.4. The summed E-state index contributed by atoms with van der Waals surface area (Å²) in [5.74, 6) is 1.27. The molecule has 1 heterocycles. The molecule has 0 aliphatic carbocycles. The Balaban J connectivity index is 1.47. The summed E-state index contributed by atoms with van der Waals surface area (Å²) in [5, 5.41) is 15.2. The smallest absolute Gasteiger partial charge is 0.251 e. The summed E-state index contributed by atoms with van der Waals surface area (Å²) >= 11 is 7.29. The van der Waals surface area contributed by atoms with Crippen LogP contribution in [0, 0.1) is 6.92 Å². The molecule has 0 aliphatic heterocycles. The molecule has 0 saturated carbocycles. The summed E-state index contributed by atoms with van der Waals surface area (Å²) in [4.78, 5) is 24.5. The van der Waals surface area contributed by atoms with E-state index < -0.39 is 0 Å². The Bertz CT molecular complexity index is 1100. The van der Waals surface area contributed by atoms with Crippen LogP contribution in [0.2, 0.25) is 5.02 Å². The Morgan fingerprint density at radius 1 is 1.16 bits per heavy atom. The molecule has 0 aliphatic rings. The highest BCUT2D eigenvalue weighted by Gasteiger charge is 2.13. The predicted octanol–water partition coefficient (Wildman–Crippen LogP) is 3.49. The van der Waals surface area contributed by atoms with Crippen LogP contribution in [-0.4, -0.2) is 46.0 Å². The fourth-order valence-corrected chi connectivity index (χ4v) is 3.77. The number of hydrogen-bond acceptors (Lipinski definition) is 6. The molecule has 168 valence electrons. The summed E-state index contributed by atoms with van der Waals surface area (Å²) in [6.07, 6.45) is 0.514. The van der Waals surface area contributed by atoms with Gasteiger partial charge in [-0.3, -0.25) is 9.59 Å². The highest BCUT2D eigenvalue weighted by atomic mass is 35.5. The van der Waals surface area contributed by atoms with E-state index in [-0.39, 0.29) is 17.6 Å². The Labute approximate surface area is 195 Å². The van der Waals surface area contributed by atoms with Gasteiger partial charge in [0.25, 0.3) is 5.91 Å². The molecule has 1 aromatic heterocycles. The predicted molar refractivity (Wildman–Crippen MR) is 126 cm³/mol. The molecule has 3 aromatic rings. The van der Waals surface area contributed by atoms with E-state index in [4.69, 9.17) is 16.3 Å². The van der Waals surface area contributed by atoms with Crippen LogP contribution in [0.3, 0.4) is 0 Å². The third-order valence-electron chi connectivity index (χ3n) is 4.72. The molecule has 32 heavy (non-hydrogen) atoms. The van der Waals surface area contributed by atoms with Crippen molar-refractivity contribution in [2.45, 2.75) is 18.5 Å². The zero-order chi connectivity index (χ0) is 23.1. The molecule has 8 nitrogen and oxygen atoms in total. The average Bonchev–Trinajstić information content (AvgIpc) is 3.14. The highest BCUT2D eigenvalue weighted by Crippen LogP contribution is 2.21. The Morgan fingerprint density at radius 2 is 1.91 bits per heavy atom. The van der Waals surface area contributed by atoms with Crippen LogP contribution >= 0.6 is 23.4 Å². The Kier molecular flexibility index (Phi) is 8.13. The molecule has 2 aromatic carbocycles. The van der Waals surface area contributed by atoms with Crippen molar-refractivity contribution >= 4 is 40.9 Å². The molecule has 0 fully saturated rings. The lowest BCUT2D eigenvalue weighted by atomic mass is 10.2. The van der Waals surface area contributed by atoms with Crippen molar-refractivity contribution in [1.29, 1.82) is 0 Å². The zero-order valence-corrected chi connectivity index (χ0v) is 19.6. The summed E-state index contributed by atoms with van der Waals surface area (Å²) in [7, 11) is 3.41. The van der Waals surface area contributed by atoms with Crippen LogP contribution in [0.25, 0.3) is 0 Å². The van der Waals surface area contributed by atoms with E-state index in [1.807, 2.05) is 24.6 Å². The number of carbonyl (C=O) groups is 2. The van der Waals surface area contributed by atoms with Crippen molar-refractivity contribution in [3.05, 3.63) is 64.4 Å². The minimum absolute atomic E-state index is 0.156. The van der Waals surface area contributed by atoms with Crippen LogP contribution in [0.15, 0.2) is 47.6 Å². The van der Waals surface area contributed by atoms with Gasteiger partial charge in [0, 0.05) is 36.3 Å². The number of anilines is 1. The molecule has 0 saturated heterocycles. The monoisotopic (exact) mass is 473 g/mol. The van der Waals surface area contributed by atoms with Crippen molar-refractivity contribution < 1.29 is 14.3 Å². The number of nitrogens with one attached hydrogen (secondary N) is 2. The molecule has 0 bridgehead atoms. The first-order valence-electron chi connectivity index (χ1n) is 9.86. The quantitative estimate of drug-likeness (QED) is 0.462. The largest absolute Gasteiger partial charge is 0.497 e. The molecule has 2 N–H and O–H groups in total. The number of halogens is 1. The van der Waals surface area contributed by atoms with Gasteiger partial charge < -0.3 is 19.9 Å². The number of nitrogens with zero attached hydrogens (tertiary/aromatic N) is 3. The summed E-state index contributed by atoms with van der Waals surface area (Å²) in [6, 6.07) is 12.3. The highest BCUT2D eigenvalue weighted by molar-refractivity contribution is 7.99. The normalized spacial score (nSPS) is 10.6. The fourth-order valence-electron chi connectivity index (χ4n) is 2.87. The van der Waals surface area contributed by atoms with Crippen LogP contribution in [-0.2, 0) is 18.3 Å². The maximum atomic E-state index is 12.3. The second-order valence-corrected chi connectivity index (χ2v) is 8.37. The third kappa shape index (κ3) is 6.24. The SMILES string of the molecule is COc1ccc(C(=O)NCCc2nnc(SCC(=O)Nc3cc(Cl)ccc3C)n2C)cc1. The first kappa shape index (κ1) is 23.6. The van der Waals surface area contributed by atoms with E-state index in [2.05, 4.69) is 20.8 Å². The lowest BCUT2D eigenvalue weighted by molar-refractivity contribution is -0.113. The minimum Gasteiger partial charge on any atom is -0.497 e. The number of hydrogen-bond donors (Lipinski definition) is 2. The number of ether oxygens (including phenoxy) is 1. The van der Waals surface area contributed by atoms with Gasteiger partial charge in [-0.15, -0.1) is 10.2 Å². The molecule has 2 amide bonds. The number of methoxy groups -OCH3 is 1. The average molecular weight is 474 g/mol. The topological polar surface area (TPSA) is 98.1 Å². The van der Waals surface area contributed by atoms with E-state index >= 15 is 0 Å². The van der Waals surface area contributed by atoms with Gasteiger partial charge in [-0.25, -0.2) is 0 Å². The molecule has 0 radical (unpaired) electrons. The van der Waals surface area contributed by atoms with Crippen LogP contribution in [0.5, 0.6) is 5.75 Å². The van der Waals surface area contributed by atoms with Crippen LogP contribution < -0.4 is 15.4 Å². The molecular weight excluding hydrogens is 450 g/mol. The van der Waals surface area contributed by atoms with Crippen molar-refractivity contribution in [2.75, 3.05) is 24.7 Å². The van der Waals surface area contributed by atoms with Gasteiger partial charge in [-0.2, -0.15) is 0 Å². The number of rotatable bonds is 9. The zero-order valence-electron chi connectivity index (χ0n) is 18.0. The van der Waals surface area contributed by atoms with Gasteiger partial charge in [0.2, 0.25) is 5.91 Å². The van der Waals surface area contributed by atoms with E-state index in [1.54, 1.807) is 43.5 Å². The molecule has 10 heteroatoms. The second kappa shape index (κ2) is 11.0. The number of thioether (sulfide) groups is 1. The molecular formula is C22H24ClN5O3S. The van der Waals surface area contributed by atoms with Gasteiger partial charge in [0.1, 0.15) is 11.6 Å². The maximum Gasteiger partial charge on any atom is 0.251 e. The molecule has 0 atom stereocenters.